The van der Waals surface area contributed by atoms with Crippen LogP contribution < -0.4 is 0 Å². The van der Waals surface area contributed by atoms with Gasteiger partial charge in [0, 0.05) is 6.61 Å². The summed E-state index contributed by atoms with van der Waals surface area (Å²) in [6.45, 7) is 4.33. The van der Waals surface area contributed by atoms with Gasteiger partial charge < -0.3 is 22.4 Å². The van der Waals surface area contributed by atoms with Gasteiger partial charge in [-0.15, -0.1) is 4.55 Å². The molecule has 0 N–H and O–H groups in total. The SMILES string of the molecule is CCCCCCCCOCOCC/C=C\C[CH2][Mg][Br]. The number of halogens is 1. The standard InChI is InChI=1S/C15H29O2.BrH.Mg/c1-3-5-7-9-10-12-14-17-15-16-13-11-8-6-4-2;;/h6,8H,2-5,7,9-15H2,1H3;1H;/q;;+1/p-1/b8-6-;;. The summed E-state index contributed by atoms with van der Waals surface area (Å²) in [5.41, 5.74) is 0. The van der Waals surface area contributed by atoms with Gasteiger partial charge in [0.2, 0.25) is 0 Å². The van der Waals surface area contributed by atoms with Gasteiger partial charge in [0.05, 0.1) is 6.61 Å². The summed E-state index contributed by atoms with van der Waals surface area (Å²) >= 11 is 3.62. The quantitative estimate of drug-likeness (QED) is 0.178. The van der Waals surface area contributed by atoms with E-state index in [0.717, 1.165) is 19.6 Å². The normalized spacial score (nSPS) is 11.1. The van der Waals surface area contributed by atoms with E-state index < -0.39 is 0 Å². The average molecular weight is 346 g/mol. The summed E-state index contributed by atoms with van der Waals surface area (Å²) in [7, 11) is 0. The van der Waals surface area contributed by atoms with Gasteiger partial charge in [-0.1, -0.05) is 57.6 Å². The molecule has 0 rings (SSSR count). The first-order chi connectivity index (χ1) is 9.41. The fourth-order valence-electron chi connectivity index (χ4n) is 1.74. The highest BCUT2D eigenvalue weighted by atomic mass is 79.9. The van der Waals surface area contributed by atoms with Crippen molar-refractivity contribution in [1.29, 1.82) is 0 Å². The van der Waals surface area contributed by atoms with Crippen molar-refractivity contribution in [2.24, 2.45) is 0 Å². The third-order valence-electron chi connectivity index (χ3n) is 2.91. The Bertz CT molecular complexity index is 189. The molecule has 0 aliphatic carbocycles. The molecule has 0 spiro atoms. The molecule has 0 bridgehead atoms. The maximum absolute atomic E-state index is 5.44. The minimum Gasteiger partial charge on any atom is -0.355 e. The predicted molar refractivity (Wildman–Crippen MR) is 88.0 cm³/mol. The second-order valence-corrected chi connectivity index (χ2v) is 8.26. The maximum atomic E-state index is 5.44. The molecule has 0 unspecified atom stereocenters. The highest BCUT2D eigenvalue weighted by Crippen LogP contribution is 2.04. The zero-order chi connectivity index (χ0) is 14.0. The zero-order valence-electron chi connectivity index (χ0n) is 12.5. The molecule has 0 fully saturated rings. The van der Waals surface area contributed by atoms with Crippen LogP contribution in [0.1, 0.15) is 58.3 Å². The molecule has 0 aromatic carbocycles. The Labute approximate surface area is 135 Å². The van der Waals surface area contributed by atoms with Crippen LogP contribution in [-0.2, 0) is 9.47 Å². The van der Waals surface area contributed by atoms with E-state index in [1.165, 1.54) is 49.5 Å². The summed E-state index contributed by atoms with van der Waals surface area (Å²) in [6, 6.07) is 0. The third-order valence-corrected chi connectivity index (χ3v) is 5.27. The van der Waals surface area contributed by atoms with Crippen LogP contribution in [0.3, 0.4) is 0 Å². The molecule has 0 saturated carbocycles. The van der Waals surface area contributed by atoms with Crippen molar-refractivity contribution < 1.29 is 9.47 Å². The second kappa shape index (κ2) is 18.9. The fraction of sp³-hybridized carbons (Fsp3) is 0.867. The number of allylic oxidation sites excluding steroid dienone is 1. The lowest BCUT2D eigenvalue weighted by molar-refractivity contribution is -0.0531. The first-order valence-electron chi connectivity index (χ1n) is 7.78. The van der Waals surface area contributed by atoms with E-state index in [1.807, 2.05) is 0 Å². The summed E-state index contributed by atoms with van der Waals surface area (Å²) in [5, 5.41) is 0. The average Bonchev–Trinajstić information content (AvgIpc) is 2.43. The molecule has 0 aromatic rings. The third kappa shape index (κ3) is 18.9. The van der Waals surface area contributed by atoms with E-state index in [2.05, 4.69) is 32.0 Å². The first-order valence-corrected chi connectivity index (χ1v) is 12.7. The Morgan fingerprint density at radius 3 is 2.37 bits per heavy atom. The lowest BCUT2D eigenvalue weighted by Crippen LogP contribution is -2.02. The molecule has 0 aliphatic rings. The van der Waals surface area contributed by atoms with E-state index in [0.29, 0.717) is 6.79 Å². The predicted octanol–water partition coefficient (Wildman–Crippen LogP) is 5.11. The minimum absolute atomic E-state index is 0.0607. The molecular weight excluding hydrogens is 316 g/mol. The lowest BCUT2D eigenvalue weighted by Gasteiger charge is -2.04. The van der Waals surface area contributed by atoms with E-state index in [9.17, 15) is 0 Å². The topological polar surface area (TPSA) is 18.5 Å². The molecule has 0 aliphatic heterocycles. The van der Waals surface area contributed by atoms with Crippen LogP contribution in [0.4, 0.5) is 0 Å². The molecule has 2 nitrogen and oxygen atoms in total. The minimum atomic E-state index is 0.0607. The van der Waals surface area contributed by atoms with Gasteiger partial charge in [0.15, 0.2) is 0 Å². The molecular formula is C15H29BrMgO2. The molecule has 0 aromatic heterocycles. The van der Waals surface area contributed by atoms with Gasteiger partial charge in [0.25, 0.3) is 0 Å². The lowest BCUT2D eigenvalue weighted by atomic mass is 10.1. The van der Waals surface area contributed by atoms with Crippen molar-refractivity contribution in [3.05, 3.63) is 12.2 Å². The van der Waals surface area contributed by atoms with Crippen LogP contribution in [-0.4, -0.2) is 38.2 Å². The molecule has 0 atom stereocenters. The van der Waals surface area contributed by atoms with E-state index in [4.69, 9.17) is 9.47 Å². The van der Waals surface area contributed by atoms with Crippen LogP contribution >= 0.6 is 12.9 Å². The Morgan fingerprint density at radius 2 is 1.58 bits per heavy atom. The zero-order valence-corrected chi connectivity index (χ0v) is 15.5. The molecule has 110 valence electrons. The first kappa shape index (κ1) is 19.9. The summed E-state index contributed by atoms with van der Waals surface area (Å²) in [4.78, 5) is 0. The number of ether oxygens (including phenoxy) is 2. The largest absolute Gasteiger partial charge is 0.468 e. The molecule has 0 saturated heterocycles. The van der Waals surface area contributed by atoms with Crippen LogP contribution in [0, 0.1) is 0 Å². The van der Waals surface area contributed by atoms with Gasteiger partial charge in [-0.2, -0.15) is 0 Å². The van der Waals surface area contributed by atoms with E-state index in [1.54, 1.807) is 0 Å². The van der Waals surface area contributed by atoms with Crippen molar-refractivity contribution in [3.63, 3.8) is 0 Å². The summed E-state index contributed by atoms with van der Waals surface area (Å²) < 4.78 is 12.2. The van der Waals surface area contributed by atoms with E-state index in [-0.39, 0.29) is 18.2 Å². The smallest absolute Gasteiger partial charge is 0.355 e. The van der Waals surface area contributed by atoms with Crippen LogP contribution in [0.5, 0.6) is 0 Å². The van der Waals surface area contributed by atoms with Crippen molar-refractivity contribution in [3.8, 4) is 0 Å². The van der Waals surface area contributed by atoms with Gasteiger partial charge in [-0.3, -0.25) is 0 Å². The number of unbranched alkanes of at least 4 members (excludes halogenated alkanes) is 5. The molecule has 4 heteroatoms. The number of hydrogen-bond donors (Lipinski definition) is 0. The second-order valence-electron chi connectivity index (χ2n) is 4.79. The van der Waals surface area contributed by atoms with Gasteiger partial charge in [0.1, 0.15) is 6.79 Å². The van der Waals surface area contributed by atoms with Crippen LogP contribution in [0.15, 0.2) is 12.2 Å². The Morgan fingerprint density at radius 1 is 0.895 bits per heavy atom. The van der Waals surface area contributed by atoms with Crippen molar-refractivity contribution in [2.75, 3.05) is 20.0 Å². The number of rotatable bonds is 15. The van der Waals surface area contributed by atoms with Gasteiger partial charge in [-0.25, -0.2) is 0 Å². The van der Waals surface area contributed by atoms with Crippen molar-refractivity contribution in [1.82, 2.24) is 0 Å². The van der Waals surface area contributed by atoms with Crippen molar-refractivity contribution >= 4 is 31.1 Å². The molecule has 19 heavy (non-hydrogen) atoms. The summed E-state index contributed by atoms with van der Waals surface area (Å²) in [5.74, 6) is 0. The maximum Gasteiger partial charge on any atom is 0.468 e. The molecule has 0 amide bonds. The van der Waals surface area contributed by atoms with Gasteiger partial charge in [-0.05, 0) is 12.8 Å². The Kier molecular flexibility index (Phi) is 19.8. The molecule has 0 heterocycles. The Balaban J connectivity index is 2.97. The fourth-order valence-corrected chi connectivity index (χ4v) is 3.10. The van der Waals surface area contributed by atoms with E-state index >= 15 is 0 Å². The van der Waals surface area contributed by atoms with Gasteiger partial charge >= 0.3 is 18.2 Å². The Hall–Kier alpha value is 0.906. The highest BCUT2D eigenvalue weighted by molar-refractivity contribution is 9.23. The molecule has 0 radical (unpaired) electrons. The number of hydrogen-bond acceptors (Lipinski definition) is 2. The summed E-state index contributed by atoms with van der Waals surface area (Å²) in [6.07, 6.45) is 14.6. The highest BCUT2D eigenvalue weighted by Gasteiger charge is 1.91. The van der Waals surface area contributed by atoms with Crippen LogP contribution in [0.25, 0.3) is 0 Å². The van der Waals surface area contributed by atoms with Crippen LogP contribution in [0.2, 0.25) is 4.55 Å². The monoisotopic (exact) mass is 344 g/mol. The van der Waals surface area contributed by atoms with Crippen molar-refractivity contribution in [2.45, 2.75) is 62.8 Å².